The lowest BCUT2D eigenvalue weighted by Gasteiger charge is -2.31. The van der Waals surface area contributed by atoms with Crippen molar-refractivity contribution in [3.8, 4) is 0 Å². The van der Waals surface area contributed by atoms with Gasteiger partial charge in [0.1, 0.15) is 9.84 Å². The lowest BCUT2D eigenvalue weighted by atomic mass is 9.84. The van der Waals surface area contributed by atoms with Gasteiger partial charge in [-0.2, -0.15) is 0 Å². The van der Waals surface area contributed by atoms with Crippen LogP contribution in [0.2, 0.25) is 0 Å². The Morgan fingerprint density at radius 1 is 1.00 bits per heavy atom. The molecule has 1 heterocycles. The van der Waals surface area contributed by atoms with E-state index in [0.717, 1.165) is 31.6 Å². The van der Waals surface area contributed by atoms with Crippen molar-refractivity contribution in [2.75, 3.05) is 11.5 Å². The maximum absolute atomic E-state index is 12.4. The molecule has 0 amide bonds. The third-order valence-corrected chi connectivity index (χ3v) is 8.54. The first kappa shape index (κ1) is 17.2. The Morgan fingerprint density at radius 2 is 1.57 bits per heavy atom. The molecule has 21 heavy (non-hydrogen) atoms. The van der Waals surface area contributed by atoms with Crippen LogP contribution in [0.1, 0.15) is 58.3 Å². The van der Waals surface area contributed by atoms with E-state index in [4.69, 9.17) is 0 Å². The molecule has 124 valence electrons. The summed E-state index contributed by atoms with van der Waals surface area (Å²) in [7, 11) is -6.39. The molecule has 0 aromatic heterocycles. The Labute approximate surface area is 128 Å². The third-order valence-electron chi connectivity index (χ3n) is 4.82. The molecule has 2 fully saturated rings. The molecule has 5 nitrogen and oxygen atoms in total. The smallest absolute Gasteiger partial charge is 0.214 e. The van der Waals surface area contributed by atoms with Gasteiger partial charge >= 0.3 is 0 Å². The molecule has 0 unspecified atom stereocenters. The molecule has 1 aliphatic heterocycles. The topological polar surface area (TPSA) is 80.3 Å². The Bertz CT molecular complexity index is 519. The molecule has 1 saturated carbocycles. The number of rotatable bonds is 5. The van der Waals surface area contributed by atoms with Gasteiger partial charge in [-0.05, 0) is 44.4 Å². The molecule has 0 aromatic carbocycles. The van der Waals surface area contributed by atoms with E-state index in [1.807, 2.05) is 0 Å². The SMILES string of the molecule is CCCC1CCC(NS(=O)(=O)C2CCS(=O)(=O)CC2)CC1. The summed E-state index contributed by atoms with van der Waals surface area (Å²) < 4.78 is 50.4. The quantitative estimate of drug-likeness (QED) is 0.830. The van der Waals surface area contributed by atoms with Crippen molar-refractivity contribution in [1.82, 2.24) is 4.72 Å². The molecule has 0 spiro atoms. The summed E-state index contributed by atoms with van der Waals surface area (Å²) in [6.45, 7) is 2.19. The molecule has 1 N–H and O–H groups in total. The van der Waals surface area contributed by atoms with Gasteiger partial charge in [-0.3, -0.25) is 0 Å². The molecule has 0 radical (unpaired) electrons. The first-order valence-electron chi connectivity index (χ1n) is 8.04. The number of sulfonamides is 1. The third kappa shape index (κ3) is 4.93. The van der Waals surface area contributed by atoms with Gasteiger partial charge in [0.25, 0.3) is 0 Å². The highest BCUT2D eigenvalue weighted by Gasteiger charge is 2.34. The number of hydrogen-bond donors (Lipinski definition) is 1. The maximum Gasteiger partial charge on any atom is 0.214 e. The molecule has 1 saturated heterocycles. The van der Waals surface area contributed by atoms with Crippen molar-refractivity contribution in [1.29, 1.82) is 0 Å². The van der Waals surface area contributed by atoms with Crippen LogP contribution in [0.15, 0.2) is 0 Å². The monoisotopic (exact) mass is 337 g/mol. The molecule has 2 aliphatic rings. The summed E-state index contributed by atoms with van der Waals surface area (Å²) in [5.74, 6) is 0.750. The second kappa shape index (κ2) is 6.96. The van der Waals surface area contributed by atoms with Gasteiger partial charge in [-0.25, -0.2) is 21.6 Å². The Hall–Kier alpha value is -0.140. The van der Waals surface area contributed by atoms with Crippen LogP contribution in [0.4, 0.5) is 0 Å². The van der Waals surface area contributed by atoms with Gasteiger partial charge < -0.3 is 0 Å². The van der Waals surface area contributed by atoms with Gasteiger partial charge in [-0.15, -0.1) is 0 Å². The number of sulfone groups is 1. The fourth-order valence-corrected chi connectivity index (χ4v) is 7.02. The second-order valence-corrected chi connectivity index (χ2v) is 10.8. The van der Waals surface area contributed by atoms with Crippen LogP contribution < -0.4 is 4.72 Å². The number of hydrogen-bond acceptors (Lipinski definition) is 4. The normalized spacial score (nSPS) is 31.1. The standard InChI is InChI=1S/C14H27NO4S2/c1-2-3-12-4-6-13(7-5-12)15-21(18,19)14-8-10-20(16,17)11-9-14/h12-15H,2-11H2,1H3. The van der Waals surface area contributed by atoms with Crippen LogP contribution in [0.5, 0.6) is 0 Å². The van der Waals surface area contributed by atoms with Crippen molar-refractivity contribution in [2.24, 2.45) is 5.92 Å². The van der Waals surface area contributed by atoms with Crippen LogP contribution in [0, 0.1) is 5.92 Å². The van der Waals surface area contributed by atoms with Crippen LogP contribution >= 0.6 is 0 Å². The number of nitrogens with one attached hydrogen (secondary N) is 1. The van der Waals surface area contributed by atoms with Crippen LogP contribution in [0.3, 0.4) is 0 Å². The summed E-state index contributed by atoms with van der Waals surface area (Å²) in [5, 5.41) is -0.533. The van der Waals surface area contributed by atoms with E-state index in [1.54, 1.807) is 0 Å². The summed E-state index contributed by atoms with van der Waals surface area (Å²) >= 11 is 0. The molecule has 7 heteroatoms. The van der Waals surface area contributed by atoms with E-state index in [9.17, 15) is 16.8 Å². The highest BCUT2D eigenvalue weighted by Crippen LogP contribution is 2.29. The predicted molar refractivity (Wildman–Crippen MR) is 84.4 cm³/mol. The van der Waals surface area contributed by atoms with Gasteiger partial charge in [0.2, 0.25) is 10.0 Å². The van der Waals surface area contributed by atoms with E-state index < -0.39 is 25.1 Å². The molecule has 2 rings (SSSR count). The Balaban J connectivity index is 1.85. The van der Waals surface area contributed by atoms with E-state index in [2.05, 4.69) is 11.6 Å². The zero-order valence-electron chi connectivity index (χ0n) is 12.8. The van der Waals surface area contributed by atoms with Crippen molar-refractivity contribution in [2.45, 2.75) is 69.6 Å². The van der Waals surface area contributed by atoms with Crippen LogP contribution in [0.25, 0.3) is 0 Å². The first-order valence-corrected chi connectivity index (χ1v) is 11.4. The van der Waals surface area contributed by atoms with Crippen molar-refractivity contribution >= 4 is 19.9 Å². The minimum absolute atomic E-state index is 0.00180. The zero-order chi connectivity index (χ0) is 15.5. The molecule has 0 aromatic rings. The molecular weight excluding hydrogens is 310 g/mol. The van der Waals surface area contributed by atoms with Crippen molar-refractivity contribution < 1.29 is 16.8 Å². The minimum Gasteiger partial charge on any atom is -0.229 e. The summed E-state index contributed by atoms with van der Waals surface area (Å²) in [6.07, 6.45) is 6.92. The Kier molecular flexibility index (Phi) is 5.71. The van der Waals surface area contributed by atoms with Gasteiger partial charge in [0.05, 0.1) is 16.8 Å². The van der Waals surface area contributed by atoms with E-state index in [0.29, 0.717) is 0 Å². The van der Waals surface area contributed by atoms with Gasteiger partial charge in [0, 0.05) is 6.04 Å². The van der Waals surface area contributed by atoms with Crippen molar-refractivity contribution in [3.05, 3.63) is 0 Å². The lowest BCUT2D eigenvalue weighted by molar-refractivity contribution is 0.296. The zero-order valence-corrected chi connectivity index (χ0v) is 14.4. The first-order chi connectivity index (χ1) is 9.82. The molecule has 1 aliphatic carbocycles. The summed E-state index contributed by atoms with van der Waals surface area (Å²) in [6, 6.07) is 0.0432. The maximum atomic E-state index is 12.4. The summed E-state index contributed by atoms with van der Waals surface area (Å²) in [4.78, 5) is 0. The Morgan fingerprint density at radius 3 is 2.10 bits per heavy atom. The van der Waals surface area contributed by atoms with E-state index >= 15 is 0 Å². The minimum atomic E-state index is -3.38. The van der Waals surface area contributed by atoms with Crippen molar-refractivity contribution in [3.63, 3.8) is 0 Å². The van der Waals surface area contributed by atoms with E-state index in [1.165, 1.54) is 12.8 Å². The molecule has 0 atom stereocenters. The average molecular weight is 338 g/mol. The fraction of sp³-hybridized carbons (Fsp3) is 1.00. The lowest BCUT2D eigenvalue weighted by Crippen LogP contribution is -2.45. The highest BCUT2D eigenvalue weighted by atomic mass is 32.2. The second-order valence-electron chi connectivity index (χ2n) is 6.52. The van der Waals surface area contributed by atoms with Gasteiger partial charge in [0.15, 0.2) is 0 Å². The van der Waals surface area contributed by atoms with E-state index in [-0.39, 0.29) is 30.4 Å². The predicted octanol–water partition coefficient (Wildman–Crippen LogP) is 1.84. The van der Waals surface area contributed by atoms with Gasteiger partial charge in [-0.1, -0.05) is 19.8 Å². The van der Waals surface area contributed by atoms with Crippen LogP contribution in [-0.4, -0.2) is 39.6 Å². The largest absolute Gasteiger partial charge is 0.229 e. The average Bonchev–Trinajstić information content (AvgIpc) is 2.40. The van der Waals surface area contributed by atoms with Crippen LogP contribution in [-0.2, 0) is 19.9 Å². The fourth-order valence-electron chi connectivity index (χ4n) is 3.48. The summed E-state index contributed by atoms with van der Waals surface area (Å²) in [5.41, 5.74) is 0. The molecule has 0 bridgehead atoms. The molecular formula is C14H27NO4S2. The highest BCUT2D eigenvalue weighted by molar-refractivity contribution is 7.92.